The van der Waals surface area contributed by atoms with Crippen LogP contribution >= 0.6 is 0 Å². The molecule has 1 aliphatic rings. The van der Waals surface area contributed by atoms with Crippen molar-refractivity contribution in [2.75, 3.05) is 16.3 Å². The topological polar surface area (TPSA) is 84.5 Å². The van der Waals surface area contributed by atoms with Crippen LogP contribution in [0.4, 0.5) is 11.4 Å². The number of amides is 2. The summed E-state index contributed by atoms with van der Waals surface area (Å²) in [6.45, 7) is 3.82. The van der Waals surface area contributed by atoms with Gasteiger partial charge in [0.05, 0.1) is 29.9 Å². The van der Waals surface area contributed by atoms with Crippen molar-refractivity contribution in [2.45, 2.75) is 19.9 Å². The zero-order valence-corrected chi connectivity index (χ0v) is 15.3. The second-order valence-corrected chi connectivity index (χ2v) is 6.55. The fraction of sp³-hybridized carbons (Fsp3) is 0.263. The van der Waals surface area contributed by atoms with Crippen molar-refractivity contribution in [3.05, 3.63) is 48.6 Å². The lowest BCUT2D eigenvalue weighted by atomic mass is 10.0. The Morgan fingerprint density at radius 2 is 2.04 bits per heavy atom. The summed E-state index contributed by atoms with van der Waals surface area (Å²) in [5, 5.41) is 8.42. The predicted molar refractivity (Wildman–Crippen MR) is 99.4 cm³/mol. The Morgan fingerprint density at radius 3 is 2.67 bits per heavy atom. The lowest BCUT2D eigenvalue weighted by Crippen LogP contribution is -2.51. The van der Waals surface area contributed by atoms with E-state index in [1.165, 1.54) is 18.0 Å². The molecular weight excluding hydrogens is 346 g/mol. The number of fused-ring (bicyclic) bond motifs is 1. The molecule has 2 amide bonds. The van der Waals surface area contributed by atoms with Gasteiger partial charge in [-0.2, -0.15) is 15.0 Å². The van der Waals surface area contributed by atoms with Crippen LogP contribution in [-0.4, -0.2) is 39.4 Å². The van der Waals surface area contributed by atoms with Crippen molar-refractivity contribution in [3.8, 4) is 11.3 Å². The molecule has 2 aromatic heterocycles. The minimum atomic E-state index is -0.243. The van der Waals surface area contributed by atoms with Crippen molar-refractivity contribution >= 4 is 23.2 Å². The lowest BCUT2D eigenvalue weighted by Gasteiger charge is -2.40. The molecule has 1 aromatic carbocycles. The van der Waals surface area contributed by atoms with E-state index in [9.17, 15) is 9.59 Å². The quantitative estimate of drug-likeness (QED) is 0.696. The van der Waals surface area contributed by atoms with E-state index in [0.717, 1.165) is 5.56 Å². The van der Waals surface area contributed by atoms with Crippen molar-refractivity contribution in [1.29, 1.82) is 0 Å². The van der Waals surface area contributed by atoms with Crippen molar-refractivity contribution in [3.63, 3.8) is 0 Å². The molecule has 0 fully saturated rings. The molecule has 27 heavy (non-hydrogen) atoms. The smallest absolute Gasteiger partial charge is 0.294 e. The van der Waals surface area contributed by atoms with E-state index in [0.29, 0.717) is 23.6 Å². The highest BCUT2D eigenvalue weighted by Crippen LogP contribution is 2.39. The van der Waals surface area contributed by atoms with Crippen LogP contribution in [0.3, 0.4) is 0 Å². The monoisotopic (exact) mass is 365 g/mol. The third kappa shape index (κ3) is 2.88. The summed E-state index contributed by atoms with van der Waals surface area (Å²) in [4.78, 5) is 30.0. The molecule has 1 aliphatic heterocycles. The van der Waals surface area contributed by atoms with Crippen molar-refractivity contribution in [2.24, 2.45) is 7.05 Å². The maximum Gasteiger partial charge on any atom is 0.294 e. The Bertz CT molecular complexity index is 1010. The van der Waals surface area contributed by atoms with Gasteiger partial charge in [-0.05, 0) is 31.2 Å². The number of aromatic nitrogens is 3. The molecule has 8 nitrogen and oxygen atoms in total. The Balaban J connectivity index is 1.85. The number of carbonyl (C=O) groups excluding carboxylic acids is 2. The molecule has 1 atom stereocenters. The maximum absolute atomic E-state index is 13.0. The average Bonchev–Trinajstić information content (AvgIpc) is 3.31. The van der Waals surface area contributed by atoms with Crippen LogP contribution in [0.15, 0.2) is 47.2 Å². The highest BCUT2D eigenvalue weighted by Gasteiger charge is 2.35. The first-order valence-corrected chi connectivity index (χ1v) is 8.61. The summed E-state index contributed by atoms with van der Waals surface area (Å²) < 4.78 is 5.29. The van der Waals surface area contributed by atoms with Gasteiger partial charge in [-0.15, -0.1) is 0 Å². The molecule has 0 N–H and O–H groups in total. The summed E-state index contributed by atoms with van der Waals surface area (Å²) in [5.41, 5.74) is 2.84. The van der Waals surface area contributed by atoms with E-state index >= 15 is 0 Å². The average molecular weight is 365 g/mol. The fourth-order valence-electron chi connectivity index (χ4n) is 3.47. The van der Waals surface area contributed by atoms with Crippen LogP contribution in [-0.2, 0) is 11.8 Å². The standard InChI is InChI=1S/C19H19N5O3/c1-12-11-23(19(26)18-5-4-8-27-18)17-9-14(15-10-20-22(3)21-15)6-7-16(17)24(12)13(2)25/h4-10,12H,11H2,1-3H3/t12-/m0/s1. The summed E-state index contributed by atoms with van der Waals surface area (Å²) in [6, 6.07) is 8.75. The molecule has 8 heteroatoms. The molecule has 0 aliphatic carbocycles. The molecule has 4 rings (SSSR count). The van der Waals surface area contributed by atoms with Gasteiger partial charge in [-0.1, -0.05) is 6.07 Å². The van der Waals surface area contributed by atoms with Gasteiger partial charge in [0, 0.05) is 26.1 Å². The number of anilines is 2. The number of nitrogens with zero attached hydrogens (tertiary/aromatic N) is 5. The minimum absolute atomic E-state index is 0.0684. The summed E-state index contributed by atoms with van der Waals surface area (Å²) in [7, 11) is 1.74. The van der Waals surface area contributed by atoms with E-state index < -0.39 is 0 Å². The number of furan rings is 1. The Hall–Kier alpha value is -3.42. The summed E-state index contributed by atoms with van der Waals surface area (Å²) in [5.74, 6) is -0.0528. The van der Waals surface area contributed by atoms with Crippen molar-refractivity contribution < 1.29 is 14.0 Å². The normalized spacial score (nSPS) is 16.3. The Morgan fingerprint density at radius 1 is 1.22 bits per heavy atom. The minimum Gasteiger partial charge on any atom is -0.459 e. The van der Waals surface area contributed by atoms with E-state index in [2.05, 4.69) is 10.2 Å². The van der Waals surface area contributed by atoms with Gasteiger partial charge < -0.3 is 14.2 Å². The number of hydrogen-bond donors (Lipinski definition) is 0. The van der Waals surface area contributed by atoms with Crippen LogP contribution in [0.5, 0.6) is 0 Å². The Labute approximate surface area is 156 Å². The van der Waals surface area contributed by atoms with E-state index in [-0.39, 0.29) is 23.6 Å². The fourth-order valence-corrected chi connectivity index (χ4v) is 3.47. The second kappa shape index (κ2) is 6.39. The number of rotatable bonds is 2. The highest BCUT2D eigenvalue weighted by atomic mass is 16.3. The van der Waals surface area contributed by atoms with Crippen LogP contribution in [0.1, 0.15) is 24.4 Å². The maximum atomic E-state index is 13.0. The second-order valence-electron chi connectivity index (χ2n) is 6.55. The molecule has 0 radical (unpaired) electrons. The highest BCUT2D eigenvalue weighted by molar-refractivity contribution is 6.09. The first-order chi connectivity index (χ1) is 13.0. The molecule has 0 saturated heterocycles. The first-order valence-electron chi connectivity index (χ1n) is 8.61. The third-order valence-electron chi connectivity index (χ3n) is 4.63. The van der Waals surface area contributed by atoms with Crippen LogP contribution < -0.4 is 9.80 Å². The molecule has 138 valence electrons. The van der Waals surface area contributed by atoms with Crippen LogP contribution in [0.2, 0.25) is 0 Å². The zero-order chi connectivity index (χ0) is 19.1. The van der Waals surface area contributed by atoms with Gasteiger partial charge in [0.2, 0.25) is 5.91 Å². The van der Waals surface area contributed by atoms with Gasteiger partial charge in [0.1, 0.15) is 5.69 Å². The predicted octanol–water partition coefficient (Wildman–Crippen LogP) is 2.48. The van der Waals surface area contributed by atoms with Crippen molar-refractivity contribution in [1.82, 2.24) is 15.0 Å². The lowest BCUT2D eigenvalue weighted by molar-refractivity contribution is -0.117. The van der Waals surface area contributed by atoms with Gasteiger partial charge in [-0.3, -0.25) is 9.59 Å². The van der Waals surface area contributed by atoms with Gasteiger partial charge in [0.25, 0.3) is 5.91 Å². The zero-order valence-electron chi connectivity index (χ0n) is 15.3. The molecule has 0 unspecified atom stereocenters. The van der Waals surface area contributed by atoms with E-state index in [1.54, 1.807) is 35.2 Å². The van der Waals surface area contributed by atoms with Crippen LogP contribution in [0, 0.1) is 0 Å². The molecule has 0 bridgehead atoms. The Kier molecular flexibility index (Phi) is 4.02. The van der Waals surface area contributed by atoms with E-state index in [4.69, 9.17) is 4.42 Å². The number of benzene rings is 1. The third-order valence-corrected chi connectivity index (χ3v) is 4.63. The summed E-state index contributed by atoms with van der Waals surface area (Å²) in [6.07, 6.45) is 3.13. The molecule has 3 aromatic rings. The molecule has 0 spiro atoms. The van der Waals surface area contributed by atoms with E-state index in [1.807, 2.05) is 25.1 Å². The number of carbonyl (C=O) groups is 2. The van der Waals surface area contributed by atoms with Gasteiger partial charge >= 0.3 is 0 Å². The molecule has 3 heterocycles. The molecular formula is C19H19N5O3. The molecule has 0 saturated carbocycles. The SMILES string of the molecule is CC(=O)N1c2ccc(-c3cnn(C)n3)cc2N(C(=O)c2ccco2)C[C@@H]1C. The number of hydrogen-bond acceptors (Lipinski definition) is 5. The number of aryl methyl sites for hydroxylation is 1. The van der Waals surface area contributed by atoms with Gasteiger partial charge in [0.15, 0.2) is 5.76 Å². The largest absolute Gasteiger partial charge is 0.459 e. The van der Waals surface area contributed by atoms with Gasteiger partial charge in [-0.25, -0.2) is 0 Å². The first kappa shape index (κ1) is 17.0. The summed E-state index contributed by atoms with van der Waals surface area (Å²) >= 11 is 0. The van der Waals surface area contributed by atoms with Crippen LogP contribution in [0.25, 0.3) is 11.3 Å².